The highest BCUT2D eigenvalue weighted by atomic mass is 16.3. The molecule has 0 fully saturated rings. The summed E-state index contributed by atoms with van der Waals surface area (Å²) in [6.45, 7) is 3.70. The van der Waals surface area contributed by atoms with E-state index in [0.717, 1.165) is 5.56 Å². The molecule has 0 heterocycles. The van der Waals surface area contributed by atoms with Crippen LogP contribution in [0.2, 0.25) is 0 Å². The SMILES string of the molecule is CC(C)(N)c1ccc(O)c(C#N)c1. The molecule has 68 valence electrons. The van der Waals surface area contributed by atoms with Gasteiger partial charge in [0.05, 0.1) is 5.56 Å². The average molecular weight is 176 g/mol. The van der Waals surface area contributed by atoms with E-state index in [9.17, 15) is 5.11 Å². The van der Waals surface area contributed by atoms with E-state index in [2.05, 4.69) is 0 Å². The van der Waals surface area contributed by atoms with Crippen molar-refractivity contribution < 1.29 is 5.11 Å². The third-order valence-electron chi connectivity index (χ3n) is 1.86. The molecule has 0 bridgehead atoms. The van der Waals surface area contributed by atoms with Crippen molar-refractivity contribution >= 4 is 0 Å². The van der Waals surface area contributed by atoms with E-state index in [0.29, 0.717) is 0 Å². The smallest absolute Gasteiger partial charge is 0.133 e. The molecule has 0 aliphatic carbocycles. The van der Waals surface area contributed by atoms with E-state index in [1.165, 1.54) is 6.07 Å². The van der Waals surface area contributed by atoms with Crippen molar-refractivity contribution in [1.29, 1.82) is 5.26 Å². The standard InChI is InChI=1S/C10H12N2O/c1-10(2,12)8-3-4-9(13)7(5-8)6-11/h3-5,13H,12H2,1-2H3. The van der Waals surface area contributed by atoms with Gasteiger partial charge in [-0.3, -0.25) is 0 Å². The fraction of sp³-hybridized carbons (Fsp3) is 0.300. The number of nitriles is 1. The second-order valence-electron chi connectivity index (χ2n) is 3.57. The van der Waals surface area contributed by atoms with Gasteiger partial charge in [0, 0.05) is 5.54 Å². The summed E-state index contributed by atoms with van der Waals surface area (Å²) >= 11 is 0. The van der Waals surface area contributed by atoms with Gasteiger partial charge in [-0.25, -0.2) is 0 Å². The summed E-state index contributed by atoms with van der Waals surface area (Å²) in [5.41, 5.74) is 6.45. The zero-order valence-corrected chi connectivity index (χ0v) is 7.70. The predicted octanol–water partition coefficient (Wildman–Crippen LogP) is 1.46. The van der Waals surface area contributed by atoms with E-state index >= 15 is 0 Å². The number of nitrogens with zero attached hydrogens (tertiary/aromatic N) is 1. The Morgan fingerprint density at radius 2 is 2.08 bits per heavy atom. The van der Waals surface area contributed by atoms with Crippen LogP contribution in [0.1, 0.15) is 25.0 Å². The first-order valence-electron chi connectivity index (χ1n) is 3.97. The van der Waals surface area contributed by atoms with Crippen LogP contribution in [0.15, 0.2) is 18.2 Å². The number of rotatable bonds is 1. The summed E-state index contributed by atoms with van der Waals surface area (Å²) in [6.07, 6.45) is 0. The van der Waals surface area contributed by atoms with Crippen LogP contribution in [0.3, 0.4) is 0 Å². The van der Waals surface area contributed by atoms with Gasteiger partial charge in [0.15, 0.2) is 0 Å². The molecule has 0 amide bonds. The zero-order chi connectivity index (χ0) is 10.1. The minimum atomic E-state index is -0.487. The molecule has 0 spiro atoms. The lowest BCUT2D eigenvalue weighted by Gasteiger charge is -2.19. The molecule has 13 heavy (non-hydrogen) atoms. The van der Waals surface area contributed by atoms with Crippen molar-refractivity contribution in [3.05, 3.63) is 29.3 Å². The minimum absolute atomic E-state index is 0.00417. The largest absolute Gasteiger partial charge is 0.507 e. The van der Waals surface area contributed by atoms with Gasteiger partial charge in [-0.2, -0.15) is 5.26 Å². The molecular weight excluding hydrogens is 164 g/mol. The average Bonchev–Trinajstić information content (AvgIpc) is 2.03. The third-order valence-corrected chi connectivity index (χ3v) is 1.86. The number of aromatic hydroxyl groups is 1. The van der Waals surface area contributed by atoms with Gasteiger partial charge in [-0.15, -0.1) is 0 Å². The maximum atomic E-state index is 9.24. The van der Waals surface area contributed by atoms with Gasteiger partial charge in [0.2, 0.25) is 0 Å². The molecule has 0 aliphatic rings. The normalized spacial score (nSPS) is 10.9. The molecule has 1 rings (SSSR count). The Bertz CT molecular complexity index is 358. The van der Waals surface area contributed by atoms with Gasteiger partial charge in [-0.1, -0.05) is 6.07 Å². The molecule has 0 saturated heterocycles. The molecule has 1 aromatic rings. The van der Waals surface area contributed by atoms with Crippen LogP contribution in [0.5, 0.6) is 5.75 Å². The van der Waals surface area contributed by atoms with Crippen LogP contribution in [0, 0.1) is 11.3 Å². The maximum absolute atomic E-state index is 9.24. The molecule has 3 heteroatoms. The van der Waals surface area contributed by atoms with Crippen molar-refractivity contribution in [2.75, 3.05) is 0 Å². The van der Waals surface area contributed by atoms with E-state index in [4.69, 9.17) is 11.0 Å². The Hall–Kier alpha value is -1.53. The van der Waals surface area contributed by atoms with Gasteiger partial charge < -0.3 is 10.8 Å². The molecule has 3 N–H and O–H groups in total. The molecular formula is C10H12N2O. The Morgan fingerprint density at radius 1 is 1.46 bits per heavy atom. The van der Waals surface area contributed by atoms with Crippen molar-refractivity contribution in [3.63, 3.8) is 0 Å². The fourth-order valence-corrected chi connectivity index (χ4v) is 1.03. The Balaban J connectivity index is 3.24. The highest BCUT2D eigenvalue weighted by molar-refractivity contribution is 5.45. The van der Waals surface area contributed by atoms with E-state index in [-0.39, 0.29) is 11.3 Å². The summed E-state index contributed by atoms with van der Waals surface area (Å²) < 4.78 is 0. The number of nitrogens with two attached hydrogens (primary N) is 1. The Labute approximate surface area is 77.4 Å². The summed E-state index contributed by atoms with van der Waals surface area (Å²) in [4.78, 5) is 0. The first-order valence-corrected chi connectivity index (χ1v) is 3.97. The first kappa shape index (κ1) is 9.56. The Morgan fingerprint density at radius 3 is 2.54 bits per heavy atom. The van der Waals surface area contributed by atoms with Crippen LogP contribution in [0.4, 0.5) is 0 Å². The van der Waals surface area contributed by atoms with Crippen LogP contribution in [0.25, 0.3) is 0 Å². The number of phenolic OH excluding ortho intramolecular Hbond substituents is 1. The quantitative estimate of drug-likeness (QED) is 0.680. The van der Waals surface area contributed by atoms with Crippen LogP contribution in [-0.2, 0) is 5.54 Å². The molecule has 0 radical (unpaired) electrons. The summed E-state index contributed by atoms with van der Waals surface area (Å²) in [7, 11) is 0. The summed E-state index contributed by atoms with van der Waals surface area (Å²) in [5.74, 6) is -0.00417. The van der Waals surface area contributed by atoms with Crippen molar-refractivity contribution in [2.24, 2.45) is 5.73 Å². The molecule has 0 atom stereocenters. The van der Waals surface area contributed by atoms with Crippen molar-refractivity contribution in [3.8, 4) is 11.8 Å². The monoisotopic (exact) mass is 176 g/mol. The van der Waals surface area contributed by atoms with Crippen LogP contribution < -0.4 is 5.73 Å². The van der Waals surface area contributed by atoms with E-state index in [1.807, 2.05) is 19.9 Å². The molecule has 0 unspecified atom stereocenters. The van der Waals surface area contributed by atoms with Crippen LogP contribution >= 0.6 is 0 Å². The maximum Gasteiger partial charge on any atom is 0.133 e. The number of hydrogen-bond acceptors (Lipinski definition) is 3. The van der Waals surface area contributed by atoms with Crippen molar-refractivity contribution in [1.82, 2.24) is 0 Å². The lowest BCUT2D eigenvalue weighted by Crippen LogP contribution is -2.28. The fourth-order valence-electron chi connectivity index (χ4n) is 1.03. The lowest BCUT2D eigenvalue weighted by molar-refractivity contribution is 0.471. The van der Waals surface area contributed by atoms with Gasteiger partial charge in [-0.05, 0) is 31.5 Å². The zero-order valence-electron chi connectivity index (χ0n) is 7.70. The lowest BCUT2D eigenvalue weighted by atomic mass is 9.94. The van der Waals surface area contributed by atoms with E-state index < -0.39 is 5.54 Å². The van der Waals surface area contributed by atoms with Crippen LogP contribution in [-0.4, -0.2) is 5.11 Å². The molecule has 1 aromatic carbocycles. The third kappa shape index (κ3) is 1.98. The number of hydrogen-bond donors (Lipinski definition) is 2. The van der Waals surface area contributed by atoms with Gasteiger partial charge in [0.25, 0.3) is 0 Å². The second kappa shape index (κ2) is 3.08. The molecule has 0 aromatic heterocycles. The minimum Gasteiger partial charge on any atom is -0.507 e. The van der Waals surface area contributed by atoms with Gasteiger partial charge >= 0.3 is 0 Å². The highest BCUT2D eigenvalue weighted by Crippen LogP contribution is 2.23. The summed E-state index contributed by atoms with van der Waals surface area (Å²) in [6, 6.07) is 6.72. The first-order chi connectivity index (χ1) is 5.95. The molecule has 3 nitrogen and oxygen atoms in total. The number of phenols is 1. The highest BCUT2D eigenvalue weighted by Gasteiger charge is 2.15. The van der Waals surface area contributed by atoms with Crippen molar-refractivity contribution in [2.45, 2.75) is 19.4 Å². The number of benzene rings is 1. The molecule has 0 aliphatic heterocycles. The molecule has 0 saturated carbocycles. The topological polar surface area (TPSA) is 70.0 Å². The predicted molar refractivity (Wildman–Crippen MR) is 50.0 cm³/mol. The summed E-state index contributed by atoms with van der Waals surface area (Å²) in [5, 5.41) is 17.9. The Kier molecular flexibility index (Phi) is 2.26. The van der Waals surface area contributed by atoms with Gasteiger partial charge in [0.1, 0.15) is 11.8 Å². The second-order valence-corrected chi connectivity index (χ2v) is 3.57. The van der Waals surface area contributed by atoms with E-state index in [1.54, 1.807) is 12.1 Å².